The molecule has 3 N–H and O–H groups in total. The zero-order valence-electron chi connectivity index (χ0n) is 17.0. The van der Waals surface area contributed by atoms with Crippen LogP contribution in [0.3, 0.4) is 0 Å². The highest BCUT2D eigenvalue weighted by Crippen LogP contribution is 2.17. The number of rotatable bonds is 10. The van der Waals surface area contributed by atoms with Gasteiger partial charge >= 0.3 is 5.97 Å². The molecule has 0 aliphatic rings. The Morgan fingerprint density at radius 1 is 1.17 bits per heavy atom. The van der Waals surface area contributed by atoms with Gasteiger partial charge in [0.1, 0.15) is 24.2 Å². The first-order valence-corrected chi connectivity index (χ1v) is 10.2. The average Bonchev–Trinajstić information content (AvgIpc) is 2.63. The Labute approximate surface area is 170 Å². The first-order valence-electron chi connectivity index (χ1n) is 8.72. The third kappa shape index (κ3) is 6.68. The Morgan fingerprint density at radius 3 is 2.14 bits per heavy atom. The van der Waals surface area contributed by atoms with Gasteiger partial charge in [0.25, 0.3) is 0 Å². The second kappa shape index (κ2) is 10.2. The zero-order chi connectivity index (χ0) is 22.4. The molecule has 0 bridgehead atoms. The first kappa shape index (κ1) is 24.3. The molecule has 29 heavy (non-hydrogen) atoms. The number of hydrogen-bond donors (Lipinski definition) is 3. The highest BCUT2D eigenvalue weighted by Gasteiger charge is 2.30. The summed E-state index contributed by atoms with van der Waals surface area (Å²) in [6.07, 6.45) is 0. The molecule has 0 spiro atoms. The maximum Gasteiger partial charge on any atom is 0.324 e. The lowest BCUT2D eigenvalue weighted by Crippen LogP contribution is -2.45. The number of esters is 1. The molecule has 0 aliphatic carbocycles. The van der Waals surface area contributed by atoms with Crippen molar-refractivity contribution in [1.29, 1.82) is 5.41 Å². The third-order valence-corrected chi connectivity index (χ3v) is 5.40. The number of methoxy groups -OCH3 is 1. The fraction of sp³-hybridized carbons (Fsp3) is 0.421. The quantitative estimate of drug-likeness (QED) is 0.225. The second-order valence-corrected chi connectivity index (χ2v) is 8.34. The number of sulfonamides is 1. The fourth-order valence-corrected chi connectivity index (χ4v) is 3.76. The van der Waals surface area contributed by atoms with Gasteiger partial charge in [0, 0.05) is 5.71 Å². The summed E-state index contributed by atoms with van der Waals surface area (Å²) in [6.45, 7) is 5.08. The van der Waals surface area contributed by atoms with Crippen LogP contribution in [-0.4, -0.2) is 50.7 Å². The number of aliphatic hydroxyl groups is 1. The second-order valence-electron chi connectivity index (χ2n) is 6.63. The van der Waals surface area contributed by atoms with E-state index in [1.165, 1.54) is 45.2 Å². The minimum atomic E-state index is -4.03. The standard InChI is InChI=1S/C19H26N2O7S/c1-11(2)18(19(24)28-10-16(23)17(12(3)20)13(4)22)21-29(25,26)15-8-6-14(27-5)7-9-15/h6-9,11,18,20-21,23H,10H2,1-5H3/b17-16-,20-12?/t18-/m0/s1. The Bertz CT molecular complexity index is 887. The fourth-order valence-electron chi connectivity index (χ4n) is 2.43. The molecular weight excluding hydrogens is 400 g/mol. The molecule has 10 heteroatoms. The highest BCUT2D eigenvalue weighted by molar-refractivity contribution is 7.89. The van der Waals surface area contributed by atoms with Crippen molar-refractivity contribution in [3.8, 4) is 5.75 Å². The van der Waals surface area contributed by atoms with Crippen LogP contribution in [0.4, 0.5) is 0 Å². The molecule has 1 aromatic carbocycles. The monoisotopic (exact) mass is 426 g/mol. The van der Waals surface area contributed by atoms with Crippen molar-refractivity contribution in [3.05, 3.63) is 35.6 Å². The van der Waals surface area contributed by atoms with Crippen LogP contribution in [-0.2, 0) is 24.3 Å². The molecule has 0 saturated heterocycles. The summed E-state index contributed by atoms with van der Waals surface area (Å²) in [5.41, 5.74) is -0.427. The van der Waals surface area contributed by atoms with E-state index in [9.17, 15) is 23.1 Å². The largest absolute Gasteiger partial charge is 0.508 e. The summed E-state index contributed by atoms with van der Waals surface area (Å²) in [6, 6.07) is 4.40. The summed E-state index contributed by atoms with van der Waals surface area (Å²) in [5.74, 6) is -2.02. The van der Waals surface area contributed by atoms with Crippen LogP contribution in [0.5, 0.6) is 5.75 Å². The molecule has 0 radical (unpaired) electrons. The number of benzene rings is 1. The van der Waals surface area contributed by atoms with Crippen LogP contribution in [0.2, 0.25) is 0 Å². The van der Waals surface area contributed by atoms with E-state index in [4.69, 9.17) is 14.9 Å². The van der Waals surface area contributed by atoms with E-state index in [2.05, 4.69) is 4.72 Å². The van der Waals surface area contributed by atoms with Crippen molar-refractivity contribution in [3.63, 3.8) is 0 Å². The lowest BCUT2D eigenvalue weighted by atomic mass is 10.1. The average molecular weight is 426 g/mol. The summed E-state index contributed by atoms with van der Waals surface area (Å²) in [4.78, 5) is 23.9. The molecule has 0 fully saturated rings. The van der Waals surface area contributed by atoms with Gasteiger partial charge in [0.2, 0.25) is 10.0 Å². The number of allylic oxidation sites excluding steroid dienone is 1. The zero-order valence-corrected chi connectivity index (χ0v) is 17.8. The predicted molar refractivity (Wildman–Crippen MR) is 107 cm³/mol. The smallest absolute Gasteiger partial charge is 0.324 e. The van der Waals surface area contributed by atoms with Crippen molar-refractivity contribution < 1.29 is 32.6 Å². The minimum absolute atomic E-state index is 0.0576. The van der Waals surface area contributed by atoms with Gasteiger partial charge in [-0.2, -0.15) is 4.72 Å². The molecule has 0 unspecified atom stereocenters. The molecular formula is C19H26N2O7S. The van der Waals surface area contributed by atoms with Gasteiger partial charge in [-0.25, -0.2) is 8.42 Å². The molecule has 9 nitrogen and oxygen atoms in total. The summed E-state index contributed by atoms with van der Waals surface area (Å²) in [7, 11) is -2.57. The Morgan fingerprint density at radius 2 is 1.72 bits per heavy atom. The van der Waals surface area contributed by atoms with Gasteiger partial charge in [0.15, 0.2) is 5.78 Å². The van der Waals surface area contributed by atoms with Crippen LogP contribution < -0.4 is 9.46 Å². The summed E-state index contributed by atoms with van der Waals surface area (Å²) in [5, 5.41) is 17.5. The van der Waals surface area contributed by atoms with E-state index in [0.717, 1.165) is 0 Å². The van der Waals surface area contributed by atoms with Crippen LogP contribution in [0, 0.1) is 11.3 Å². The Hall–Kier alpha value is -2.72. The summed E-state index contributed by atoms with van der Waals surface area (Å²) < 4.78 is 37.4. The van der Waals surface area contributed by atoms with E-state index in [-0.39, 0.29) is 16.2 Å². The van der Waals surface area contributed by atoms with Crippen molar-refractivity contribution in [1.82, 2.24) is 4.72 Å². The molecule has 0 heterocycles. The summed E-state index contributed by atoms with van der Waals surface area (Å²) >= 11 is 0. The Kier molecular flexibility index (Phi) is 8.53. The molecule has 0 aliphatic heterocycles. The minimum Gasteiger partial charge on any atom is -0.508 e. The number of ketones is 1. The molecule has 0 amide bonds. The van der Waals surface area contributed by atoms with Crippen LogP contribution in [0.1, 0.15) is 27.7 Å². The lowest BCUT2D eigenvalue weighted by molar-refractivity contribution is -0.146. The van der Waals surface area contributed by atoms with Crippen molar-refractivity contribution in [2.24, 2.45) is 5.92 Å². The number of carbonyl (C=O) groups is 2. The van der Waals surface area contributed by atoms with Gasteiger partial charge in [-0.15, -0.1) is 0 Å². The third-order valence-electron chi connectivity index (χ3n) is 3.94. The normalized spacial score (nSPS) is 13.4. The Balaban J connectivity index is 2.99. The first-order chi connectivity index (χ1) is 13.4. The van der Waals surface area contributed by atoms with Crippen molar-refractivity contribution in [2.75, 3.05) is 13.7 Å². The van der Waals surface area contributed by atoms with E-state index >= 15 is 0 Å². The molecule has 1 atom stereocenters. The van der Waals surface area contributed by atoms with E-state index in [1.54, 1.807) is 13.8 Å². The lowest BCUT2D eigenvalue weighted by Gasteiger charge is -2.21. The molecule has 1 aromatic rings. The molecule has 160 valence electrons. The number of hydrogen-bond acceptors (Lipinski definition) is 8. The number of ether oxygens (including phenoxy) is 2. The molecule has 0 saturated carbocycles. The molecule has 0 aromatic heterocycles. The van der Waals surface area contributed by atoms with Gasteiger partial charge in [-0.05, 0) is 44.0 Å². The van der Waals surface area contributed by atoms with Crippen molar-refractivity contribution in [2.45, 2.75) is 38.6 Å². The van der Waals surface area contributed by atoms with Gasteiger partial charge < -0.3 is 20.0 Å². The van der Waals surface area contributed by atoms with Gasteiger partial charge in [0.05, 0.1) is 17.6 Å². The van der Waals surface area contributed by atoms with Crippen molar-refractivity contribution >= 4 is 27.5 Å². The SMILES string of the molecule is COc1ccc(S(=O)(=O)N[C@H](C(=O)OC/C(O)=C(\C(C)=N)C(C)=O)C(C)C)cc1. The van der Waals surface area contributed by atoms with E-state index < -0.39 is 46.1 Å². The van der Waals surface area contributed by atoms with Crippen LogP contribution >= 0.6 is 0 Å². The van der Waals surface area contributed by atoms with Gasteiger partial charge in [-0.3, -0.25) is 9.59 Å². The number of carbonyl (C=O) groups excluding carboxylic acids is 2. The number of aliphatic hydroxyl groups excluding tert-OH is 1. The van der Waals surface area contributed by atoms with E-state index in [0.29, 0.717) is 5.75 Å². The van der Waals surface area contributed by atoms with Crippen LogP contribution in [0.15, 0.2) is 40.5 Å². The van der Waals surface area contributed by atoms with Gasteiger partial charge in [-0.1, -0.05) is 13.8 Å². The van der Waals surface area contributed by atoms with Crippen LogP contribution in [0.25, 0.3) is 0 Å². The van der Waals surface area contributed by atoms with E-state index in [1.807, 2.05) is 0 Å². The maximum absolute atomic E-state index is 12.6. The number of Topliss-reactive ketones (excluding diaryl/α,β-unsaturated/α-hetero) is 1. The topological polar surface area (TPSA) is 143 Å². The maximum atomic E-state index is 12.6. The highest BCUT2D eigenvalue weighted by atomic mass is 32.2. The molecule has 1 rings (SSSR count). The predicted octanol–water partition coefficient (Wildman–Crippen LogP) is 1.98. The number of nitrogens with one attached hydrogen (secondary N) is 2.